The van der Waals surface area contributed by atoms with Crippen LogP contribution in [-0.2, 0) is 10.0 Å². The van der Waals surface area contributed by atoms with E-state index in [1.54, 1.807) is 17.7 Å². The maximum atomic E-state index is 12.8. The second-order valence-electron chi connectivity index (χ2n) is 8.49. The Morgan fingerprint density at radius 2 is 1.96 bits per heavy atom. The molecule has 4 aliphatic carbocycles. The molecule has 2 heterocycles. The van der Waals surface area contributed by atoms with Crippen molar-refractivity contribution in [2.24, 2.45) is 11.8 Å². The van der Waals surface area contributed by atoms with E-state index in [1.807, 2.05) is 19.3 Å². The van der Waals surface area contributed by atoms with Crippen LogP contribution >= 0.6 is 0 Å². The number of fused-ring (bicyclic) bond motifs is 1. The van der Waals surface area contributed by atoms with Crippen molar-refractivity contribution in [3.63, 3.8) is 0 Å². The maximum Gasteiger partial charge on any atom is 0.214 e. The van der Waals surface area contributed by atoms with Crippen molar-refractivity contribution in [2.45, 2.75) is 43.7 Å². The van der Waals surface area contributed by atoms with Crippen LogP contribution in [0.15, 0.2) is 18.6 Å². The lowest BCUT2D eigenvalue weighted by Gasteiger charge is -2.65. The van der Waals surface area contributed by atoms with Crippen LogP contribution in [0.3, 0.4) is 0 Å². The predicted octanol–water partition coefficient (Wildman–Crippen LogP) is 1.99. The molecule has 26 heavy (non-hydrogen) atoms. The van der Waals surface area contributed by atoms with E-state index in [4.69, 9.17) is 0 Å². The molecule has 0 aliphatic heterocycles. The van der Waals surface area contributed by atoms with Gasteiger partial charge in [-0.05, 0) is 50.0 Å². The smallest absolute Gasteiger partial charge is 0.214 e. The summed E-state index contributed by atoms with van der Waals surface area (Å²) in [4.78, 5) is 13.9. The van der Waals surface area contributed by atoms with E-state index in [2.05, 4.69) is 19.9 Å². The van der Waals surface area contributed by atoms with Crippen molar-refractivity contribution in [1.29, 1.82) is 0 Å². The van der Waals surface area contributed by atoms with Gasteiger partial charge < -0.3 is 9.88 Å². The highest BCUT2D eigenvalue weighted by atomic mass is 32.2. The van der Waals surface area contributed by atoms with Gasteiger partial charge in [-0.3, -0.25) is 0 Å². The van der Waals surface area contributed by atoms with E-state index in [0.29, 0.717) is 6.04 Å². The zero-order valence-electron chi connectivity index (χ0n) is 15.2. The van der Waals surface area contributed by atoms with Gasteiger partial charge in [-0.25, -0.2) is 18.4 Å². The molecule has 0 spiro atoms. The van der Waals surface area contributed by atoms with Crippen LogP contribution in [0.4, 0.5) is 5.82 Å². The standard InChI is InChI=1S/C18H25N5O2S/c1-22(17-15-3-4-19-16(15)20-11-21-17)14-5-12(6-14)10-26(24,25)23(2)18-7-13(8-18)9-18/h3-4,11-14H,5-10H2,1-2H3,(H,19,20,21)/t12-,13?,14+,18?. The number of rotatable bonds is 6. The quantitative estimate of drug-likeness (QED) is 0.835. The van der Waals surface area contributed by atoms with Crippen LogP contribution in [-0.4, -0.2) is 59.1 Å². The molecule has 2 bridgehead atoms. The Bertz CT molecular complexity index is 932. The predicted molar refractivity (Wildman–Crippen MR) is 100 cm³/mol. The number of nitrogens with one attached hydrogen (secondary N) is 1. The molecule has 0 saturated heterocycles. The first-order valence-corrected chi connectivity index (χ1v) is 11.0. The van der Waals surface area contributed by atoms with E-state index >= 15 is 0 Å². The molecule has 0 amide bonds. The minimum atomic E-state index is -3.16. The molecule has 8 heteroatoms. The minimum Gasteiger partial charge on any atom is -0.356 e. The van der Waals surface area contributed by atoms with Gasteiger partial charge in [-0.2, -0.15) is 4.31 Å². The zero-order valence-corrected chi connectivity index (χ0v) is 16.0. The van der Waals surface area contributed by atoms with Crippen LogP contribution < -0.4 is 4.90 Å². The summed E-state index contributed by atoms with van der Waals surface area (Å²) >= 11 is 0. The first-order valence-electron chi connectivity index (χ1n) is 9.36. The Kier molecular flexibility index (Phi) is 3.44. The summed E-state index contributed by atoms with van der Waals surface area (Å²) in [6, 6.07) is 2.32. The lowest BCUT2D eigenvalue weighted by Crippen LogP contribution is -2.68. The molecule has 7 nitrogen and oxygen atoms in total. The average Bonchev–Trinajstić information content (AvgIpc) is 2.95. The molecule has 0 radical (unpaired) electrons. The summed E-state index contributed by atoms with van der Waals surface area (Å²) in [5.41, 5.74) is 0.810. The highest BCUT2D eigenvalue weighted by Gasteiger charge is 2.61. The van der Waals surface area contributed by atoms with E-state index in [9.17, 15) is 8.42 Å². The SMILES string of the molecule is CN(C12CC(C1)C2)S(=O)(=O)C[C@H]1C[C@@H](N(C)c2ncnc3[nH]ccc23)C1. The van der Waals surface area contributed by atoms with Gasteiger partial charge in [0.2, 0.25) is 10.0 Å². The normalized spacial score (nSPS) is 32.8. The third kappa shape index (κ3) is 2.31. The maximum absolute atomic E-state index is 12.8. The molecular formula is C18H25N5O2S. The Balaban J connectivity index is 1.22. The summed E-state index contributed by atoms with van der Waals surface area (Å²) in [7, 11) is 0.672. The van der Waals surface area contributed by atoms with E-state index in [-0.39, 0.29) is 17.2 Å². The van der Waals surface area contributed by atoms with Crippen molar-refractivity contribution in [3.05, 3.63) is 18.6 Å². The van der Waals surface area contributed by atoms with Gasteiger partial charge in [0.25, 0.3) is 0 Å². The van der Waals surface area contributed by atoms with Gasteiger partial charge in [0, 0.05) is 31.9 Å². The monoisotopic (exact) mass is 375 g/mol. The number of nitrogens with zero attached hydrogens (tertiary/aromatic N) is 4. The summed E-state index contributed by atoms with van der Waals surface area (Å²) < 4.78 is 27.2. The van der Waals surface area contributed by atoms with Gasteiger partial charge in [0.1, 0.15) is 17.8 Å². The number of aromatic nitrogens is 3. The third-order valence-electron chi connectivity index (χ3n) is 6.96. The summed E-state index contributed by atoms with van der Waals surface area (Å²) in [6.45, 7) is 0. The fraction of sp³-hybridized carbons (Fsp3) is 0.667. The second-order valence-corrected chi connectivity index (χ2v) is 10.5. The molecule has 2 aromatic heterocycles. The number of H-pyrrole nitrogens is 1. The largest absolute Gasteiger partial charge is 0.356 e. The first kappa shape index (κ1) is 16.5. The average molecular weight is 375 g/mol. The van der Waals surface area contributed by atoms with E-state index in [0.717, 1.165) is 54.9 Å². The van der Waals surface area contributed by atoms with Crippen LogP contribution in [0.25, 0.3) is 11.0 Å². The number of aromatic amines is 1. The Hall–Kier alpha value is -1.67. The molecule has 140 valence electrons. The Morgan fingerprint density at radius 1 is 1.23 bits per heavy atom. The van der Waals surface area contributed by atoms with Gasteiger partial charge in [-0.1, -0.05) is 0 Å². The molecule has 0 unspecified atom stereocenters. The third-order valence-corrected chi connectivity index (χ3v) is 9.08. The molecule has 0 atom stereocenters. The molecule has 4 aliphatic rings. The number of hydrogen-bond donors (Lipinski definition) is 1. The van der Waals surface area contributed by atoms with E-state index in [1.165, 1.54) is 0 Å². The topological polar surface area (TPSA) is 82.2 Å². The van der Waals surface area contributed by atoms with Gasteiger partial charge in [0.15, 0.2) is 0 Å². The molecular weight excluding hydrogens is 350 g/mol. The van der Waals surface area contributed by atoms with Crippen LogP contribution in [0, 0.1) is 11.8 Å². The van der Waals surface area contributed by atoms with Crippen molar-refractivity contribution < 1.29 is 8.42 Å². The molecule has 4 saturated carbocycles. The molecule has 4 fully saturated rings. The zero-order chi connectivity index (χ0) is 18.1. The van der Waals surface area contributed by atoms with Gasteiger partial charge >= 0.3 is 0 Å². The first-order chi connectivity index (χ1) is 12.4. The molecule has 6 rings (SSSR count). The van der Waals surface area contributed by atoms with Crippen LogP contribution in [0.5, 0.6) is 0 Å². The lowest BCUT2D eigenvalue weighted by atomic mass is 9.50. The van der Waals surface area contributed by atoms with Gasteiger partial charge in [0.05, 0.1) is 11.1 Å². The minimum absolute atomic E-state index is 0.0235. The van der Waals surface area contributed by atoms with Crippen molar-refractivity contribution in [3.8, 4) is 0 Å². The molecule has 1 N–H and O–H groups in total. The van der Waals surface area contributed by atoms with Gasteiger partial charge in [-0.15, -0.1) is 0 Å². The lowest BCUT2D eigenvalue weighted by molar-refractivity contribution is -0.0953. The van der Waals surface area contributed by atoms with Crippen molar-refractivity contribution in [1.82, 2.24) is 19.3 Å². The van der Waals surface area contributed by atoms with Crippen LogP contribution in [0.2, 0.25) is 0 Å². The second kappa shape index (κ2) is 5.42. The molecule has 0 aromatic carbocycles. The summed E-state index contributed by atoms with van der Waals surface area (Å²) in [5.74, 6) is 2.22. The highest BCUT2D eigenvalue weighted by Crippen LogP contribution is 2.61. The van der Waals surface area contributed by atoms with Crippen molar-refractivity contribution >= 4 is 26.9 Å². The summed E-state index contributed by atoms with van der Waals surface area (Å²) in [6.07, 6.45) is 8.44. The van der Waals surface area contributed by atoms with Crippen LogP contribution in [0.1, 0.15) is 32.1 Å². The van der Waals surface area contributed by atoms with E-state index < -0.39 is 10.0 Å². The molecule has 2 aromatic rings. The van der Waals surface area contributed by atoms with Crippen molar-refractivity contribution in [2.75, 3.05) is 24.7 Å². The fourth-order valence-electron chi connectivity index (χ4n) is 4.99. The Labute approximate surface area is 153 Å². The summed E-state index contributed by atoms with van der Waals surface area (Å²) in [5, 5.41) is 1.01. The number of anilines is 1. The fourth-order valence-corrected chi connectivity index (χ4v) is 6.89. The Morgan fingerprint density at radius 3 is 2.62 bits per heavy atom. The number of hydrogen-bond acceptors (Lipinski definition) is 5. The highest BCUT2D eigenvalue weighted by molar-refractivity contribution is 7.89. The number of sulfonamides is 1.